The van der Waals surface area contributed by atoms with Crippen molar-refractivity contribution in [3.05, 3.63) is 107 Å². The van der Waals surface area contributed by atoms with Crippen molar-refractivity contribution in [1.82, 2.24) is 0 Å². The van der Waals surface area contributed by atoms with E-state index in [1.54, 1.807) is 7.11 Å². The van der Waals surface area contributed by atoms with Gasteiger partial charge in [-0.25, -0.2) is 4.90 Å². The van der Waals surface area contributed by atoms with E-state index in [0.29, 0.717) is 17.2 Å². The molecule has 1 fully saturated rings. The molecule has 2 heterocycles. The van der Waals surface area contributed by atoms with Crippen molar-refractivity contribution in [1.29, 1.82) is 0 Å². The topological polar surface area (TPSA) is 72.9 Å². The lowest BCUT2D eigenvalue weighted by Gasteiger charge is -2.38. The molecule has 0 radical (unpaired) electrons. The fourth-order valence-corrected chi connectivity index (χ4v) is 6.78. The molecule has 0 saturated carbocycles. The molecule has 4 aromatic rings. The average molecular weight is 530 g/mol. The highest BCUT2D eigenvalue weighted by Gasteiger charge is 2.60. The van der Waals surface area contributed by atoms with Crippen molar-refractivity contribution in [3.8, 4) is 11.5 Å². The fraction of sp³-hybridized carbons (Fsp3) is 0.206. The molecule has 0 unspecified atom stereocenters. The van der Waals surface area contributed by atoms with E-state index in [1.165, 1.54) is 4.90 Å². The summed E-state index contributed by atoms with van der Waals surface area (Å²) >= 11 is 0. The van der Waals surface area contributed by atoms with Crippen LogP contribution in [0.2, 0.25) is 0 Å². The Balaban J connectivity index is 1.46. The molecule has 4 atom stereocenters. The van der Waals surface area contributed by atoms with Gasteiger partial charge in [0.2, 0.25) is 11.8 Å². The molecule has 0 spiro atoms. The monoisotopic (exact) mass is 529 g/mol. The summed E-state index contributed by atoms with van der Waals surface area (Å²) in [4.78, 5) is 43.5. The molecule has 0 bridgehead atoms. The lowest BCUT2D eigenvalue weighted by molar-refractivity contribution is -0.142. The van der Waals surface area contributed by atoms with Gasteiger partial charge in [-0.05, 0) is 65.6 Å². The molecule has 6 heteroatoms. The van der Waals surface area contributed by atoms with Crippen LogP contribution in [0, 0.1) is 31.6 Å². The van der Waals surface area contributed by atoms with E-state index in [0.717, 1.165) is 38.6 Å². The van der Waals surface area contributed by atoms with Crippen molar-refractivity contribution in [3.63, 3.8) is 0 Å². The molecule has 40 heavy (non-hydrogen) atoms. The first-order valence-electron chi connectivity index (χ1n) is 13.4. The minimum atomic E-state index is -0.889. The van der Waals surface area contributed by atoms with Crippen molar-refractivity contribution in [2.75, 3.05) is 12.0 Å². The van der Waals surface area contributed by atoms with Gasteiger partial charge in [0.25, 0.3) is 0 Å². The highest BCUT2D eigenvalue weighted by atomic mass is 16.5. The predicted octanol–water partition coefficient (Wildman–Crippen LogP) is 5.99. The van der Waals surface area contributed by atoms with Crippen LogP contribution in [0.25, 0.3) is 16.3 Å². The van der Waals surface area contributed by atoms with Crippen LogP contribution in [0.15, 0.2) is 84.9 Å². The second-order valence-corrected chi connectivity index (χ2v) is 10.8. The van der Waals surface area contributed by atoms with Gasteiger partial charge in [0.1, 0.15) is 11.5 Å². The number of imide groups is 1. The number of fused-ring (bicyclic) bond motifs is 7. The molecule has 2 aliphatic heterocycles. The second-order valence-electron chi connectivity index (χ2n) is 10.8. The summed E-state index contributed by atoms with van der Waals surface area (Å²) in [6, 6.07) is 24.9. The van der Waals surface area contributed by atoms with Gasteiger partial charge >= 0.3 is 5.97 Å². The van der Waals surface area contributed by atoms with Crippen LogP contribution < -0.4 is 14.4 Å². The number of carbonyl (C=O) groups excluding carboxylic acids is 3. The molecule has 3 aliphatic rings. The number of carbonyl (C=O) groups is 3. The third-order valence-corrected chi connectivity index (χ3v) is 8.58. The second kappa shape index (κ2) is 8.91. The van der Waals surface area contributed by atoms with Crippen molar-refractivity contribution in [2.24, 2.45) is 17.8 Å². The number of anilines is 1. The molecule has 1 aliphatic carbocycles. The maximum atomic E-state index is 14.3. The highest BCUT2D eigenvalue weighted by Crippen LogP contribution is 2.56. The zero-order chi connectivity index (χ0) is 27.7. The van der Waals surface area contributed by atoms with Crippen LogP contribution in [0.5, 0.6) is 11.5 Å². The number of methoxy groups -OCH3 is 1. The van der Waals surface area contributed by atoms with Gasteiger partial charge in [-0.15, -0.1) is 0 Å². The summed E-state index contributed by atoms with van der Waals surface area (Å²) in [7, 11) is 1.61. The van der Waals surface area contributed by atoms with Crippen molar-refractivity contribution >= 4 is 39.8 Å². The maximum absolute atomic E-state index is 14.3. The minimum Gasteiger partial charge on any atom is -0.497 e. The fourth-order valence-electron chi connectivity index (χ4n) is 6.78. The molecule has 0 aromatic heterocycles. The van der Waals surface area contributed by atoms with Crippen molar-refractivity contribution < 1.29 is 23.9 Å². The molecule has 0 N–H and O–H groups in total. The van der Waals surface area contributed by atoms with E-state index < -0.39 is 29.6 Å². The smallest absolute Gasteiger partial charge is 0.319 e. The largest absolute Gasteiger partial charge is 0.497 e. The lowest BCUT2D eigenvalue weighted by atomic mass is 9.64. The van der Waals surface area contributed by atoms with Gasteiger partial charge in [0.15, 0.2) is 0 Å². The number of nitrogens with zero attached hydrogens (tertiary/aromatic N) is 1. The van der Waals surface area contributed by atoms with Crippen LogP contribution >= 0.6 is 0 Å². The number of esters is 1. The first-order valence-corrected chi connectivity index (χ1v) is 13.4. The number of allylic oxidation sites excluding steroid dienone is 1. The van der Waals surface area contributed by atoms with E-state index >= 15 is 0 Å². The number of rotatable bonds is 3. The van der Waals surface area contributed by atoms with Crippen LogP contribution in [0.1, 0.15) is 28.2 Å². The van der Waals surface area contributed by atoms with E-state index in [1.807, 2.05) is 98.8 Å². The Labute approximate surface area is 231 Å². The van der Waals surface area contributed by atoms with Crippen LogP contribution in [0.3, 0.4) is 0 Å². The number of hydrogen-bond donors (Lipinski definition) is 0. The Morgan fingerprint density at radius 1 is 0.825 bits per heavy atom. The summed E-state index contributed by atoms with van der Waals surface area (Å²) in [5.74, 6) is -2.94. The Kier molecular flexibility index (Phi) is 5.42. The normalized spacial score (nSPS) is 23.3. The van der Waals surface area contributed by atoms with Gasteiger partial charge in [0.05, 0.1) is 30.6 Å². The zero-order valence-electron chi connectivity index (χ0n) is 22.4. The standard InChI is InChI=1S/C34H27NO5/c1-18-8-14-26(19(2)16-18)35-32(36)29-24(21-9-12-22(39-3)13-10-21)17-25-28-23-7-5-4-6-20(23)11-15-27(28)40-34(38)30(25)31(29)33(35)37/h4-17,24,29-31H,1-3H3/t24-,29+,30-,31+/m0/s1. The molecular formula is C34H27NO5. The van der Waals surface area contributed by atoms with E-state index in [2.05, 4.69) is 0 Å². The number of aryl methyl sites for hydroxylation is 2. The SMILES string of the molecule is COc1ccc([C@@H]2C=C3c4c(ccc5ccccc45)OC(=O)[C@@H]3[C@@H]3C(=O)N(c4ccc(C)cc4C)C(=O)[C@@H]32)cc1. The van der Waals surface area contributed by atoms with Gasteiger partial charge in [-0.2, -0.15) is 0 Å². The molecule has 7 rings (SSSR count). The van der Waals surface area contributed by atoms with Crippen LogP contribution in [-0.4, -0.2) is 24.9 Å². The summed E-state index contributed by atoms with van der Waals surface area (Å²) in [5, 5.41) is 1.95. The Morgan fingerprint density at radius 2 is 1.57 bits per heavy atom. The molecule has 4 aromatic carbocycles. The molecule has 6 nitrogen and oxygen atoms in total. The highest BCUT2D eigenvalue weighted by molar-refractivity contribution is 6.25. The zero-order valence-corrected chi connectivity index (χ0v) is 22.4. The average Bonchev–Trinajstić information content (AvgIpc) is 3.22. The first kappa shape index (κ1) is 24.3. The predicted molar refractivity (Wildman–Crippen MR) is 152 cm³/mol. The number of amides is 2. The first-order chi connectivity index (χ1) is 19.4. The quantitative estimate of drug-likeness (QED) is 0.185. The number of hydrogen-bond acceptors (Lipinski definition) is 5. The van der Waals surface area contributed by atoms with Gasteiger partial charge < -0.3 is 9.47 Å². The van der Waals surface area contributed by atoms with Crippen molar-refractivity contribution in [2.45, 2.75) is 19.8 Å². The lowest BCUT2D eigenvalue weighted by Crippen LogP contribution is -2.42. The van der Waals surface area contributed by atoms with Gasteiger partial charge in [0, 0.05) is 11.5 Å². The Hall–Kier alpha value is -4.71. The molecule has 1 saturated heterocycles. The third-order valence-electron chi connectivity index (χ3n) is 8.58. The van der Waals surface area contributed by atoms with E-state index in [-0.39, 0.29) is 11.8 Å². The molecule has 198 valence electrons. The molecular weight excluding hydrogens is 502 g/mol. The summed E-state index contributed by atoms with van der Waals surface area (Å²) < 4.78 is 11.2. The van der Waals surface area contributed by atoms with Gasteiger partial charge in [-0.1, -0.05) is 66.2 Å². The Morgan fingerprint density at radius 3 is 2.33 bits per heavy atom. The molecule has 2 amide bonds. The summed E-state index contributed by atoms with van der Waals surface area (Å²) in [5.41, 5.74) is 4.86. The van der Waals surface area contributed by atoms with Gasteiger partial charge in [-0.3, -0.25) is 14.4 Å². The maximum Gasteiger partial charge on any atom is 0.319 e. The van der Waals surface area contributed by atoms with E-state index in [4.69, 9.17) is 9.47 Å². The third kappa shape index (κ3) is 3.45. The Bertz CT molecular complexity index is 1770. The minimum absolute atomic E-state index is 0.297. The number of ether oxygens (including phenoxy) is 2. The van der Waals surface area contributed by atoms with Crippen LogP contribution in [-0.2, 0) is 14.4 Å². The van der Waals surface area contributed by atoms with Crippen LogP contribution in [0.4, 0.5) is 5.69 Å². The number of benzene rings is 4. The summed E-state index contributed by atoms with van der Waals surface area (Å²) in [6.07, 6.45) is 2.02. The van der Waals surface area contributed by atoms with E-state index in [9.17, 15) is 14.4 Å². The summed E-state index contributed by atoms with van der Waals surface area (Å²) in [6.45, 7) is 3.87.